The molecule has 1 fully saturated rings. The van der Waals surface area contributed by atoms with E-state index in [1.165, 1.54) is 0 Å². The summed E-state index contributed by atoms with van der Waals surface area (Å²) in [5.41, 5.74) is 0.852. The van der Waals surface area contributed by atoms with Crippen LogP contribution in [0.1, 0.15) is 19.8 Å². The molecule has 1 aromatic rings. The Morgan fingerprint density at radius 2 is 2.19 bits per heavy atom. The zero-order valence-electron chi connectivity index (χ0n) is 9.49. The van der Waals surface area contributed by atoms with E-state index in [1.807, 2.05) is 31.2 Å². The molecular formula is C13H16N2O. The van der Waals surface area contributed by atoms with E-state index >= 15 is 0 Å². The van der Waals surface area contributed by atoms with Gasteiger partial charge in [-0.2, -0.15) is 5.26 Å². The Labute approximate surface area is 96.0 Å². The van der Waals surface area contributed by atoms with E-state index in [4.69, 9.17) is 10.00 Å². The molecule has 0 atom stereocenters. The molecule has 0 aromatic heterocycles. The van der Waals surface area contributed by atoms with Crippen LogP contribution in [0.25, 0.3) is 0 Å². The molecule has 0 amide bonds. The Bertz CT molecular complexity index is 405. The van der Waals surface area contributed by atoms with E-state index in [2.05, 4.69) is 11.4 Å². The van der Waals surface area contributed by atoms with Gasteiger partial charge in [-0.05, 0) is 31.9 Å². The summed E-state index contributed by atoms with van der Waals surface area (Å²) in [6.07, 6.45) is 2.01. The summed E-state index contributed by atoms with van der Waals surface area (Å²) < 4.78 is 5.51. The van der Waals surface area contributed by atoms with E-state index in [1.54, 1.807) is 0 Å². The zero-order valence-corrected chi connectivity index (χ0v) is 9.49. The van der Waals surface area contributed by atoms with Crippen LogP contribution in [0.4, 0.5) is 5.69 Å². The van der Waals surface area contributed by atoms with Crippen LogP contribution in [-0.2, 0) is 0 Å². The summed E-state index contributed by atoms with van der Waals surface area (Å²) in [7, 11) is 0. The van der Waals surface area contributed by atoms with Gasteiger partial charge in [0, 0.05) is 6.54 Å². The quantitative estimate of drug-likeness (QED) is 0.823. The second-order valence-electron chi connectivity index (χ2n) is 4.17. The highest BCUT2D eigenvalue weighted by Crippen LogP contribution is 2.45. The maximum absolute atomic E-state index is 8.99. The number of para-hydroxylation sites is 2. The SMILES string of the molecule is CCOc1ccccc1NCC1(C#N)CC1. The molecule has 2 rings (SSSR count). The van der Waals surface area contributed by atoms with Crippen molar-refractivity contribution in [3.63, 3.8) is 0 Å². The summed E-state index contributed by atoms with van der Waals surface area (Å²) >= 11 is 0. The molecule has 1 aliphatic rings. The van der Waals surface area contributed by atoms with Gasteiger partial charge in [-0.1, -0.05) is 12.1 Å². The van der Waals surface area contributed by atoms with Gasteiger partial charge in [0.2, 0.25) is 0 Å². The van der Waals surface area contributed by atoms with Crippen molar-refractivity contribution >= 4 is 5.69 Å². The van der Waals surface area contributed by atoms with Gasteiger partial charge >= 0.3 is 0 Å². The average molecular weight is 216 g/mol. The number of hydrogen-bond donors (Lipinski definition) is 1. The van der Waals surface area contributed by atoms with Crippen molar-refractivity contribution in [1.29, 1.82) is 5.26 Å². The molecular weight excluding hydrogens is 200 g/mol. The Hall–Kier alpha value is -1.69. The molecule has 0 spiro atoms. The smallest absolute Gasteiger partial charge is 0.142 e. The summed E-state index contributed by atoms with van der Waals surface area (Å²) in [5.74, 6) is 0.860. The third kappa shape index (κ3) is 2.27. The summed E-state index contributed by atoms with van der Waals surface area (Å²) in [6, 6.07) is 10.2. The molecule has 1 aliphatic carbocycles. The fourth-order valence-corrected chi connectivity index (χ4v) is 1.64. The fourth-order valence-electron chi connectivity index (χ4n) is 1.64. The number of nitrogens with zero attached hydrogens (tertiary/aromatic N) is 1. The lowest BCUT2D eigenvalue weighted by Crippen LogP contribution is -2.14. The molecule has 0 aliphatic heterocycles. The molecule has 0 unspecified atom stereocenters. The predicted octanol–water partition coefficient (Wildman–Crippen LogP) is 2.80. The van der Waals surface area contributed by atoms with Crippen molar-refractivity contribution in [3.8, 4) is 11.8 Å². The molecule has 0 radical (unpaired) electrons. The molecule has 1 aromatic carbocycles. The molecule has 0 bridgehead atoms. The molecule has 3 heteroatoms. The van der Waals surface area contributed by atoms with Crippen molar-refractivity contribution in [2.45, 2.75) is 19.8 Å². The van der Waals surface area contributed by atoms with E-state index in [-0.39, 0.29) is 5.41 Å². The minimum atomic E-state index is -0.126. The lowest BCUT2D eigenvalue weighted by molar-refractivity contribution is 0.341. The number of anilines is 1. The monoisotopic (exact) mass is 216 g/mol. The maximum Gasteiger partial charge on any atom is 0.142 e. The van der Waals surface area contributed by atoms with Gasteiger partial charge in [0.05, 0.1) is 23.8 Å². The minimum Gasteiger partial charge on any atom is -0.492 e. The Morgan fingerprint density at radius 3 is 2.81 bits per heavy atom. The van der Waals surface area contributed by atoms with Crippen LogP contribution in [0.2, 0.25) is 0 Å². The van der Waals surface area contributed by atoms with Crippen LogP contribution < -0.4 is 10.1 Å². The highest BCUT2D eigenvalue weighted by molar-refractivity contribution is 5.56. The van der Waals surface area contributed by atoms with Crippen LogP contribution in [0.3, 0.4) is 0 Å². The van der Waals surface area contributed by atoms with Gasteiger partial charge in [-0.3, -0.25) is 0 Å². The number of rotatable bonds is 5. The van der Waals surface area contributed by atoms with Crippen LogP contribution in [0.5, 0.6) is 5.75 Å². The molecule has 3 nitrogen and oxygen atoms in total. The number of hydrogen-bond acceptors (Lipinski definition) is 3. The van der Waals surface area contributed by atoms with Gasteiger partial charge in [0.25, 0.3) is 0 Å². The standard InChI is InChI=1S/C13H16N2O/c1-2-16-12-6-4-3-5-11(12)15-10-13(9-14)7-8-13/h3-6,15H,2,7-8,10H2,1H3. The van der Waals surface area contributed by atoms with Crippen LogP contribution in [0, 0.1) is 16.7 Å². The van der Waals surface area contributed by atoms with Crippen molar-refractivity contribution in [3.05, 3.63) is 24.3 Å². The fraction of sp³-hybridized carbons (Fsp3) is 0.462. The number of ether oxygens (including phenoxy) is 1. The summed E-state index contributed by atoms with van der Waals surface area (Å²) in [5, 5.41) is 12.3. The average Bonchev–Trinajstić information content (AvgIpc) is 3.09. The van der Waals surface area contributed by atoms with Crippen molar-refractivity contribution in [1.82, 2.24) is 0 Å². The van der Waals surface area contributed by atoms with Gasteiger partial charge in [-0.15, -0.1) is 0 Å². The largest absolute Gasteiger partial charge is 0.492 e. The van der Waals surface area contributed by atoms with E-state index in [9.17, 15) is 0 Å². The number of benzene rings is 1. The van der Waals surface area contributed by atoms with Crippen LogP contribution in [0.15, 0.2) is 24.3 Å². The highest BCUT2D eigenvalue weighted by atomic mass is 16.5. The molecule has 16 heavy (non-hydrogen) atoms. The third-order valence-electron chi connectivity index (χ3n) is 2.89. The van der Waals surface area contributed by atoms with Crippen LogP contribution >= 0.6 is 0 Å². The summed E-state index contributed by atoms with van der Waals surface area (Å²) in [6.45, 7) is 3.34. The van der Waals surface area contributed by atoms with Gasteiger partial charge < -0.3 is 10.1 Å². The van der Waals surface area contributed by atoms with Gasteiger partial charge in [0.1, 0.15) is 5.75 Å². The molecule has 84 valence electrons. The third-order valence-corrected chi connectivity index (χ3v) is 2.89. The Balaban J connectivity index is 2.01. The molecule has 1 saturated carbocycles. The molecule has 0 saturated heterocycles. The normalized spacial score (nSPS) is 16.2. The highest BCUT2D eigenvalue weighted by Gasteiger charge is 2.42. The van der Waals surface area contributed by atoms with Crippen molar-refractivity contribution < 1.29 is 4.74 Å². The van der Waals surface area contributed by atoms with Gasteiger partial charge in [-0.25, -0.2) is 0 Å². The second-order valence-corrected chi connectivity index (χ2v) is 4.17. The van der Waals surface area contributed by atoms with E-state index in [0.717, 1.165) is 24.3 Å². The van der Waals surface area contributed by atoms with Crippen molar-refractivity contribution in [2.24, 2.45) is 5.41 Å². The predicted molar refractivity (Wildman–Crippen MR) is 63.4 cm³/mol. The first kappa shape index (κ1) is 10.8. The Kier molecular flexibility index (Phi) is 3.00. The first-order chi connectivity index (χ1) is 7.79. The maximum atomic E-state index is 8.99. The van der Waals surface area contributed by atoms with E-state index in [0.29, 0.717) is 13.2 Å². The molecule has 1 N–H and O–H groups in total. The first-order valence-electron chi connectivity index (χ1n) is 5.67. The topological polar surface area (TPSA) is 45.0 Å². The molecule has 0 heterocycles. The minimum absolute atomic E-state index is 0.126. The van der Waals surface area contributed by atoms with E-state index < -0.39 is 0 Å². The van der Waals surface area contributed by atoms with Crippen LogP contribution in [-0.4, -0.2) is 13.2 Å². The lowest BCUT2D eigenvalue weighted by Gasteiger charge is -2.13. The van der Waals surface area contributed by atoms with Gasteiger partial charge in [0.15, 0.2) is 0 Å². The number of nitriles is 1. The zero-order chi connectivity index (χ0) is 11.4. The number of nitrogens with one attached hydrogen (secondary N) is 1. The lowest BCUT2D eigenvalue weighted by atomic mass is 10.1. The Morgan fingerprint density at radius 1 is 1.44 bits per heavy atom. The summed E-state index contributed by atoms with van der Waals surface area (Å²) in [4.78, 5) is 0. The van der Waals surface area contributed by atoms with Crippen molar-refractivity contribution in [2.75, 3.05) is 18.5 Å². The second kappa shape index (κ2) is 4.44. The first-order valence-corrected chi connectivity index (χ1v) is 5.67.